The van der Waals surface area contributed by atoms with Crippen molar-refractivity contribution >= 4 is 18.0 Å². The number of ether oxygens (including phenoxy) is 1. The summed E-state index contributed by atoms with van der Waals surface area (Å²) in [5.41, 5.74) is 2.42. The summed E-state index contributed by atoms with van der Waals surface area (Å²) >= 11 is 0. The molecule has 0 radical (unpaired) electrons. The fourth-order valence-electron chi connectivity index (χ4n) is 3.04. The van der Waals surface area contributed by atoms with Gasteiger partial charge in [-0.25, -0.2) is 0 Å². The predicted octanol–water partition coefficient (Wildman–Crippen LogP) is 4.37. The molecule has 4 heteroatoms. The van der Waals surface area contributed by atoms with Crippen molar-refractivity contribution in [2.24, 2.45) is 0 Å². The van der Waals surface area contributed by atoms with Crippen molar-refractivity contribution < 1.29 is 14.3 Å². The highest BCUT2D eigenvalue weighted by Crippen LogP contribution is 2.20. The van der Waals surface area contributed by atoms with E-state index >= 15 is 0 Å². The summed E-state index contributed by atoms with van der Waals surface area (Å²) < 4.78 is 4.99. The predicted molar refractivity (Wildman–Crippen MR) is 104 cm³/mol. The number of esters is 1. The van der Waals surface area contributed by atoms with Crippen LogP contribution in [0.3, 0.4) is 0 Å². The molecule has 0 unspecified atom stereocenters. The third-order valence-corrected chi connectivity index (χ3v) is 4.51. The van der Waals surface area contributed by atoms with Gasteiger partial charge in [-0.1, -0.05) is 42.0 Å². The van der Waals surface area contributed by atoms with Crippen molar-refractivity contribution in [3.05, 3.63) is 53.6 Å². The van der Waals surface area contributed by atoms with Gasteiger partial charge in [0.05, 0.1) is 13.0 Å². The molecule has 1 aliphatic carbocycles. The number of benzene rings is 1. The molecule has 0 spiro atoms. The second kappa shape index (κ2) is 11.3. The maximum atomic E-state index is 12.6. The van der Waals surface area contributed by atoms with E-state index in [0.717, 1.165) is 24.8 Å². The van der Waals surface area contributed by atoms with Gasteiger partial charge in [0.2, 0.25) is 5.91 Å². The molecule has 0 atom stereocenters. The average molecular weight is 355 g/mol. The summed E-state index contributed by atoms with van der Waals surface area (Å²) in [6.45, 7) is 3.19. The van der Waals surface area contributed by atoms with Crippen LogP contribution in [0.2, 0.25) is 0 Å². The molecule has 1 aromatic carbocycles. The lowest BCUT2D eigenvalue weighted by Crippen LogP contribution is -2.33. The second-order valence-electron chi connectivity index (χ2n) is 6.48. The smallest absolute Gasteiger partial charge is 0.307 e. The van der Waals surface area contributed by atoms with E-state index in [1.54, 1.807) is 17.9 Å². The first-order valence-electron chi connectivity index (χ1n) is 9.54. The van der Waals surface area contributed by atoms with Crippen LogP contribution in [0.25, 0.3) is 6.08 Å². The molecule has 0 bridgehead atoms. The lowest BCUT2D eigenvalue weighted by molar-refractivity contribution is -0.143. The quantitative estimate of drug-likeness (QED) is 0.375. The van der Waals surface area contributed by atoms with Crippen LogP contribution in [0, 0.1) is 0 Å². The molecule has 0 heterocycles. The Morgan fingerprint density at radius 2 is 1.96 bits per heavy atom. The zero-order valence-electron chi connectivity index (χ0n) is 15.7. The van der Waals surface area contributed by atoms with Crippen LogP contribution in [0.15, 0.2) is 48.1 Å². The van der Waals surface area contributed by atoms with E-state index in [1.165, 1.54) is 18.4 Å². The molecule has 140 valence electrons. The maximum absolute atomic E-state index is 12.6. The first kappa shape index (κ1) is 20.0. The number of amides is 1. The van der Waals surface area contributed by atoms with Gasteiger partial charge >= 0.3 is 5.97 Å². The Labute approximate surface area is 156 Å². The molecule has 1 amide bonds. The SMILES string of the molecule is CCOC(=O)CCN(CCC1=CCCCC1)C(=O)/C=C/c1ccccc1. The molecule has 2 rings (SSSR count). The largest absolute Gasteiger partial charge is 0.466 e. The zero-order valence-corrected chi connectivity index (χ0v) is 15.7. The van der Waals surface area contributed by atoms with E-state index in [1.807, 2.05) is 36.4 Å². The van der Waals surface area contributed by atoms with Crippen molar-refractivity contribution in [1.29, 1.82) is 0 Å². The Balaban J connectivity index is 1.95. The topological polar surface area (TPSA) is 46.6 Å². The molecule has 0 N–H and O–H groups in total. The number of allylic oxidation sites excluding steroid dienone is 1. The van der Waals surface area contributed by atoms with Gasteiger partial charge in [-0.3, -0.25) is 9.59 Å². The van der Waals surface area contributed by atoms with Crippen molar-refractivity contribution in [3.63, 3.8) is 0 Å². The third kappa shape index (κ3) is 7.26. The Bertz CT molecular complexity index is 634. The van der Waals surface area contributed by atoms with Gasteiger partial charge in [0, 0.05) is 19.2 Å². The van der Waals surface area contributed by atoms with Crippen molar-refractivity contribution in [1.82, 2.24) is 4.90 Å². The fourth-order valence-corrected chi connectivity index (χ4v) is 3.04. The Hall–Kier alpha value is -2.36. The van der Waals surface area contributed by atoms with Gasteiger partial charge in [-0.05, 0) is 50.7 Å². The van der Waals surface area contributed by atoms with E-state index in [0.29, 0.717) is 19.7 Å². The Morgan fingerprint density at radius 3 is 2.65 bits per heavy atom. The number of hydrogen-bond donors (Lipinski definition) is 0. The summed E-state index contributed by atoms with van der Waals surface area (Å²) in [4.78, 5) is 26.0. The summed E-state index contributed by atoms with van der Waals surface area (Å²) in [6, 6.07) is 9.75. The minimum absolute atomic E-state index is 0.0606. The minimum Gasteiger partial charge on any atom is -0.466 e. The van der Waals surface area contributed by atoms with Gasteiger partial charge in [-0.2, -0.15) is 0 Å². The molecular formula is C22H29NO3. The third-order valence-electron chi connectivity index (χ3n) is 4.51. The number of carbonyl (C=O) groups is 2. The molecule has 0 saturated carbocycles. The molecule has 26 heavy (non-hydrogen) atoms. The molecule has 0 aliphatic heterocycles. The van der Waals surface area contributed by atoms with Crippen LogP contribution < -0.4 is 0 Å². The number of hydrogen-bond acceptors (Lipinski definition) is 3. The lowest BCUT2D eigenvalue weighted by atomic mass is 9.97. The molecule has 1 aliphatic rings. The van der Waals surface area contributed by atoms with E-state index in [9.17, 15) is 9.59 Å². The Morgan fingerprint density at radius 1 is 1.15 bits per heavy atom. The van der Waals surface area contributed by atoms with Crippen molar-refractivity contribution in [2.45, 2.75) is 45.4 Å². The molecule has 0 fully saturated rings. The van der Waals surface area contributed by atoms with Gasteiger partial charge < -0.3 is 9.64 Å². The van der Waals surface area contributed by atoms with Crippen LogP contribution in [0.5, 0.6) is 0 Å². The highest BCUT2D eigenvalue weighted by atomic mass is 16.5. The first-order chi connectivity index (χ1) is 12.7. The van der Waals surface area contributed by atoms with Crippen LogP contribution >= 0.6 is 0 Å². The van der Waals surface area contributed by atoms with E-state index < -0.39 is 0 Å². The number of nitrogens with zero attached hydrogens (tertiary/aromatic N) is 1. The van der Waals surface area contributed by atoms with Crippen LogP contribution in [0.1, 0.15) is 51.0 Å². The van der Waals surface area contributed by atoms with Crippen LogP contribution in [-0.2, 0) is 14.3 Å². The van der Waals surface area contributed by atoms with Crippen molar-refractivity contribution in [2.75, 3.05) is 19.7 Å². The van der Waals surface area contributed by atoms with Gasteiger partial charge in [0.25, 0.3) is 0 Å². The monoisotopic (exact) mass is 355 g/mol. The average Bonchev–Trinajstić information content (AvgIpc) is 2.68. The number of carbonyl (C=O) groups excluding carboxylic acids is 2. The standard InChI is InChI=1S/C22H29NO3/c1-2-26-22(25)16-18-23(17-15-20-11-7-4-8-12-20)21(24)14-13-19-9-5-3-6-10-19/h3,5-6,9-11,13-14H,2,4,7-8,12,15-18H2,1H3/b14-13+. The first-order valence-corrected chi connectivity index (χ1v) is 9.54. The van der Waals surface area contributed by atoms with Crippen LogP contribution in [0.4, 0.5) is 0 Å². The highest BCUT2D eigenvalue weighted by molar-refractivity contribution is 5.92. The van der Waals surface area contributed by atoms with Gasteiger partial charge in [0.15, 0.2) is 0 Å². The fraction of sp³-hybridized carbons (Fsp3) is 0.455. The van der Waals surface area contributed by atoms with E-state index in [2.05, 4.69) is 6.08 Å². The highest BCUT2D eigenvalue weighted by Gasteiger charge is 2.14. The summed E-state index contributed by atoms with van der Waals surface area (Å²) in [5, 5.41) is 0. The van der Waals surface area contributed by atoms with E-state index in [-0.39, 0.29) is 18.3 Å². The van der Waals surface area contributed by atoms with Gasteiger partial charge in [0.1, 0.15) is 0 Å². The molecular weight excluding hydrogens is 326 g/mol. The molecule has 4 nitrogen and oxygen atoms in total. The van der Waals surface area contributed by atoms with E-state index in [4.69, 9.17) is 4.74 Å². The van der Waals surface area contributed by atoms with Crippen molar-refractivity contribution in [3.8, 4) is 0 Å². The second-order valence-corrected chi connectivity index (χ2v) is 6.48. The molecule has 0 saturated heterocycles. The zero-order chi connectivity index (χ0) is 18.6. The minimum atomic E-state index is -0.255. The normalized spacial score (nSPS) is 14.1. The summed E-state index contributed by atoms with van der Waals surface area (Å²) in [7, 11) is 0. The number of rotatable bonds is 9. The summed E-state index contributed by atoms with van der Waals surface area (Å²) in [6.07, 6.45) is 11.6. The molecule has 0 aromatic heterocycles. The van der Waals surface area contributed by atoms with Gasteiger partial charge in [-0.15, -0.1) is 0 Å². The lowest BCUT2D eigenvalue weighted by Gasteiger charge is -2.22. The molecule has 1 aromatic rings. The maximum Gasteiger partial charge on any atom is 0.307 e. The summed E-state index contributed by atoms with van der Waals surface area (Å²) in [5.74, 6) is -0.316. The van der Waals surface area contributed by atoms with Crippen LogP contribution in [-0.4, -0.2) is 36.5 Å². The Kier molecular flexibility index (Phi) is 8.67.